The van der Waals surface area contributed by atoms with Crippen molar-refractivity contribution in [1.82, 2.24) is 25.1 Å². The molecule has 7 nitrogen and oxygen atoms in total. The number of nitrogens with one attached hydrogen (secondary N) is 1. The van der Waals surface area contributed by atoms with Crippen molar-refractivity contribution < 1.29 is 4.79 Å². The van der Waals surface area contributed by atoms with Crippen LogP contribution in [0.15, 0.2) is 24.7 Å². The van der Waals surface area contributed by atoms with Gasteiger partial charge in [0.1, 0.15) is 18.0 Å². The van der Waals surface area contributed by atoms with Crippen LogP contribution >= 0.6 is 0 Å². The van der Waals surface area contributed by atoms with Crippen LogP contribution < -0.4 is 10.2 Å². The topological polar surface area (TPSA) is 75.9 Å². The summed E-state index contributed by atoms with van der Waals surface area (Å²) in [7, 11) is 0. The number of rotatable bonds is 5. The second-order valence-corrected chi connectivity index (χ2v) is 6.40. The maximum absolute atomic E-state index is 12.2. The Morgan fingerprint density at radius 1 is 1.33 bits per heavy atom. The molecular weight excluding hydrogens is 304 g/mol. The lowest BCUT2D eigenvalue weighted by atomic mass is 9.99. The summed E-state index contributed by atoms with van der Waals surface area (Å²) in [6, 6.07) is 3.79. The van der Waals surface area contributed by atoms with Gasteiger partial charge in [-0.2, -0.15) is 0 Å². The zero-order chi connectivity index (χ0) is 16.9. The SMILES string of the molecule is Cc1nncn1CCNC(=O)c1ccc(N2CCC(C)CC2)nc1. The zero-order valence-electron chi connectivity index (χ0n) is 14.3. The molecule has 0 saturated carbocycles. The highest BCUT2D eigenvalue weighted by atomic mass is 16.1. The second-order valence-electron chi connectivity index (χ2n) is 6.40. The molecule has 24 heavy (non-hydrogen) atoms. The Balaban J connectivity index is 1.51. The third kappa shape index (κ3) is 3.90. The van der Waals surface area contributed by atoms with Crippen molar-refractivity contribution in [2.24, 2.45) is 5.92 Å². The molecule has 128 valence electrons. The minimum absolute atomic E-state index is 0.105. The number of piperidine rings is 1. The molecule has 1 N–H and O–H groups in total. The first-order chi connectivity index (χ1) is 11.6. The van der Waals surface area contributed by atoms with Crippen LogP contribution in [0.5, 0.6) is 0 Å². The van der Waals surface area contributed by atoms with Gasteiger partial charge in [0.15, 0.2) is 0 Å². The van der Waals surface area contributed by atoms with E-state index in [-0.39, 0.29) is 5.91 Å². The van der Waals surface area contributed by atoms with Gasteiger partial charge in [0.05, 0.1) is 5.56 Å². The highest BCUT2D eigenvalue weighted by Crippen LogP contribution is 2.21. The molecule has 1 fully saturated rings. The van der Waals surface area contributed by atoms with Crippen LogP contribution in [0.4, 0.5) is 5.82 Å². The molecule has 1 amide bonds. The maximum atomic E-state index is 12.2. The Bertz CT molecular complexity index is 673. The minimum atomic E-state index is -0.105. The van der Waals surface area contributed by atoms with Crippen LogP contribution in [0.25, 0.3) is 0 Å². The van der Waals surface area contributed by atoms with Crippen molar-refractivity contribution in [2.75, 3.05) is 24.5 Å². The van der Waals surface area contributed by atoms with E-state index in [1.54, 1.807) is 12.5 Å². The van der Waals surface area contributed by atoms with Crippen molar-refractivity contribution in [3.63, 3.8) is 0 Å². The Morgan fingerprint density at radius 2 is 2.12 bits per heavy atom. The molecule has 1 aliphatic rings. The lowest BCUT2D eigenvalue weighted by Gasteiger charge is -2.31. The predicted octanol–water partition coefficient (Wildman–Crippen LogP) is 1.65. The van der Waals surface area contributed by atoms with E-state index in [0.29, 0.717) is 18.7 Å². The Hall–Kier alpha value is -2.44. The van der Waals surface area contributed by atoms with Crippen LogP contribution in [-0.2, 0) is 6.54 Å². The summed E-state index contributed by atoms with van der Waals surface area (Å²) in [5.41, 5.74) is 0.588. The number of aryl methyl sites for hydroxylation is 1. The van der Waals surface area contributed by atoms with Gasteiger partial charge >= 0.3 is 0 Å². The fourth-order valence-electron chi connectivity index (χ4n) is 2.87. The van der Waals surface area contributed by atoms with E-state index in [2.05, 4.69) is 32.3 Å². The Morgan fingerprint density at radius 3 is 2.75 bits per heavy atom. The molecule has 3 heterocycles. The quantitative estimate of drug-likeness (QED) is 0.903. The number of nitrogens with zero attached hydrogens (tertiary/aromatic N) is 5. The van der Waals surface area contributed by atoms with Crippen molar-refractivity contribution >= 4 is 11.7 Å². The monoisotopic (exact) mass is 328 g/mol. The molecule has 7 heteroatoms. The molecule has 0 aliphatic carbocycles. The largest absolute Gasteiger partial charge is 0.357 e. The molecule has 1 aliphatic heterocycles. The first kappa shape index (κ1) is 16.4. The fraction of sp³-hybridized carbons (Fsp3) is 0.529. The summed E-state index contributed by atoms with van der Waals surface area (Å²) in [6.07, 6.45) is 5.73. The number of anilines is 1. The lowest BCUT2D eigenvalue weighted by molar-refractivity contribution is 0.0952. The van der Waals surface area contributed by atoms with Gasteiger partial charge in [-0.1, -0.05) is 6.92 Å². The molecule has 3 rings (SSSR count). The summed E-state index contributed by atoms with van der Waals surface area (Å²) in [5.74, 6) is 2.48. The van der Waals surface area contributed by atoms with Crippen LogP contribution in [0.3, 0.4) is 0 Å². The first-order valence-electron chi connectivity index (χ1n) is 8.47. The van der Waals surface area contributed by atoms with Gasteiger partial charge in [-0.15, -0.1) is 10.2 Å². The average Bonchev–Trinajstić information content (AvgIpc) is 3.01. The smallest absolute Gasteiger partial charge is 0.252 e. The molecule has 0 bridgehead atoms. The number of hydrogen-bond acceptors (Lipinski definition) is 5. The van der Waals surface area contributed by atoms with E-state index in [1.807, 2.05) is 23.6 Å². The molecule has 2 aromatic heterocycles. The van der Waals surface area contributed by atoms with Gasteiger partial charge in [0.25, 0.3) is 5.91 Å². The van der Waals surface area contributed by atoms with Gasteiger partial charge < -0.3 is 14.8 Å². The summed E-state index contributed by atoms with van der Waals surface area (Å²) in [5, 5.41) is 10.6. The summed E-state index contributed by atoms with van der Waals surface area (Å²) >= 11 is 0. The average molecular weight is 328 g/mol. The standard InChI is InChI=1S/C17H24N6O/c1-13-5-8-22(9-6-13)16-4-3-15(11-19-16)17(24)18-7-10-23-12-20-21-14(23)2/h3-4,11-13H,5-10H2,1-2H3,(H,18,24). The van der Waals surface area contributed by atoms with Crippen molar-refractivity contribution in [2.45, 2.75) is 33.2 Å². The van der Waals surface area contributed by atoms with E-state index in [9.17, 15) is 4.79 Å². The molecule has 0 atom stereocenters. The highest BCUT2D eigenvalue weighted by Gasteiger charge is 2.17. The van der Waals surface area contributed by atoms with Gasteiger partial charge in [0, 0.05) is 32.4 Å². The van der Waals surface area contributed by atoms with Crippen LogP contribution in [0.1, 0.15) is 35.9 Å². The first-order valence-corrected chi connectivity index (χ1v) is 8.47. The van der Waals surface area contributed by atoms with Crippen LogP contribution in [0.2, 0.25) is 0 Å². The van der Waals surface area contributed by atoms with Gasteiger partial charge in [-0.25, -0.2) is 4.98 Å². The number of amides is 1. The molecule has 2 aromatic rings. The minimum Gasteiger partial charge on any atom is -0.357 e. The summed E-state index contributed by atoms with van der Waals surface area (Å²) in [6.45, 7) is 7.44. The van der Waals surface area contributed by atoms with E-state index >= 15 is 0 Å². The third-order valence-electron chi connectivity index (χ3n) is 4.57. The molecule has 0 unspecified atom stereocenters. The second kappa shape index (κ2) is 7.42. The Kier molecular flexibility index (Phi) is 5.08. The molecule has 0 spiro atoms. The van der Waals surface area contributed by atoms with E-state index in [4.69, 9.17) is 0 Å². The molecule has 0 radical (unpaired) electrons. The van der Waals surface area contributed by atoms with Gasteiger partial charge in [0.2, 0.25) is 0 Å². The molecule has 0 aromatic carbocycles. The van der Waals surface area contributed by atoms with E-state index in [0.717, 1.165) is 30.6 Å². The molecular formula is C17H24N6O. The fourth-order valence-corrected chi connectivity index (χ4v) is 2.87. The van der Waals surface area contributed by atoms with Crippen molar-refractivity contribution in [1.29, 1.82) is 0 Å². The third-order valence-corrected chi connectivity index (χ3v) is 4.57. The van der Waals surface area contributed by atoms with E-state index in [1.165, 1.54) is 12.8 Å². The summed E-state index contributed by atoms with van der Waals surface area (Å²) in [4.78, 5) is 18.9. The lowest BCUT2D eigenvalue weighted by Crippen LogP contribution is -2.33. The highest BCUT2D eigenvalue weighted by molar-refractivity contribution is 5.94. The van der Waals surface area contributed by atoms with Crippen molar-refractivity contribution in [3.05, 3.63) is 36.0 Å². The normalized spacial score (nSPS) is 15.5. The number of carbonyl (C=O) groups is 1. The van der Waals surface area contributed by atoms with Crippen molar-refractivity contribution in [3.8, 4) is 0 Å². The van der Waals surface area contributed by atoms with Gasteiger partial charge in [-0.05, 0) is 37.8 Å². The number of carbonyl (C=O) groups excluding carboxylic acids is 1. The molecule has 1 saturated heterocycles. The van der Waals surface area contributed by atoms with Crippen LogP contribution in [0, 0.1) is 12.8 Å². The maximum Gasteiger partial charge on any atom is 0.252 e. The number of pyridine rings is 1. The van der Waals surface area contributed by atoms with Gasteiger partial charge in [-0.3, -0.25) is 4.79 Å². The predicted molar refractivity (Wildman–Crippen MR) is 91.9 cm³/mol. The van der Waals surface area contributed by atoms with Crippen LogP contribution in [-0.4, -0.2) is 45.3 Å². The zero-order valence-corrected chi connectivity index (χ0v) is 14.3. The Labute approximate surface area is 142 Å². The van der Waals surface area contributed by atoms with E-state index < -0.39 is 0 Å². The number of aromatic nitrogens is 4. The number of hydrogen-bond donors (Lipinski definition) is 1. The summed E-state index contributed by atoms with van der Waals surface area (Å²) < 4.78 is 1.90.